The monoisotopic (exact) mass is 317 g/mol. The van der Waals surface area contributed by atoms with Crippen molar-refractivity contribution in [3.05, 3.63) is 57.0 Å². The minimum Gasteiger partial charge on any atom is -0.295 e. The molecule has 0 unspecified atom stereocenters. The van der Waals surface area contributed by atoms with Gasteiger partial charge < -0.3 is 0 Å². The van der Waals surface area contributed by atoms with Crippen molar-refractivity contribution < 1.29 is 0 Å². The van der Waals surface area contributed by atoms with Gasteiger partial charge in [-0.1, -0.05) is 26.0 Å². The molecule has 3 rings (SSSR count). The van der Waals surface area contributed by atoms with E-state index in [0.29, 0.717) is 33.6 Å². The number of nitrogens with zero attached hydrogens (tertiary/aromatic N) is 4. The molecule has 1 aromatic carbocycles. The average molecular weight is 317 g/mol. The molecule has 0 atom stereocenters. The first-order valence-electron chi connectivity index (χ1n) is 7.53. The Kier molecular flexibility index (Phi) is 3.67. The van der Waals surface area contributed by atoms with Crippen molar-refractivity contribution >= 4 is 5.65 Å². The van der Waals surface area contributed by atoms with Crippen LogP contribution in [0.15, 0.2) is 29.2 Å². The highest BCUT2D eigenvalue weighted by Gasteiger charge is 2.20. The van der Waals surface area contributed by atoms with Gasteiger partial charge in [0, 0.05) is 17.3 Å². The Morgan fingerprint density at radius 2 is 1.92 bits per heavy atom. The fourth-order valence-electron chi connectivity index (χ4n) is 2.74. The number of aromatic amines is 1. The summed E-state index contributed by atoms with van der Waals surface area (Å²) in [5.41, 5.74) is 3.53. The zero-order valence-corrected chi connectivity index (χ0v) is 13.6. The van der Waals surface area contributed by atoms with E-state index in [2.05, 4.69) is 16.2 Å². The van der Waals surface area contributed by atoms with E-state index in [9.17, 15) is 15.3 Å². The molecular weight excluding hydrogens is 302 g/mol. The minimum absolute atomic E-state index is 0.0578. The van der Waals surface area contributed by atoms with Crippen LogP contribution in [0.1, 0.15) is 42.0 Å². The second-order valence-electron chi connectivity index (χ2n) is 5.93. The van der Waals surface area contributed by atoms with Crippen LogP contribution in [-0.4, -0.2) is 14.6 Å². The number of aromatic nitrogens is 3. The van der Waals surface area contributed by atoms with Gasteiger partial charge in [0.1, 0.15) is 11.6 Å². The van der Waals surface area contributed by atoms with Crippen molar-refractivity contribution in [1.29, 1.82) is 10.5 Å². The van der Waals surface area contributed by atoms with Gasteiger partial charge in [-0.15, -0.1) is 0 Å². The third-order valence-corrected chi connectivity index (χ3v) is 4.03. The van der Waals surface area contributed by atoms with Crippen molar-refractivity contribution in [2.45, 2.75) is 26.7 Å². The first-order chi connectivity index (χ1) is 11.5. The van der Waals surface area contributed by atoms with E-state index >= 15 is 0 Å². The number of hydrogen-bond acceptors (Lipinski definition) is 4. The summed E-state index contributed by atoms with van der Waals surface area (Å²) in [6.45, 7) is 5.70. The maximum Gasteiger partial charge on any atom is 0.276 e. The fraction of sp³-hybridized carbons (Fsp3) is 0.222. The Hall–Kier alpha value is -3.38. The zero-order chi connectivity index (χ0) is 17.4. The highest BCUT2D eigenvalue weighted by Crippen LogP contribution is 2.27. The lowest BCUT2D eigenvalue weighted by molar-refractivity contribution is 0.797. The van der Waals surface area contributed by atoms with Crippen LogP contribution in [0.4, 0.5) is 0 Å². The van der Waals surface area contributed by atoms with Crippen LogP contribution in [0, 0.1) is 29.6 Å². The molecule has 0 spiro atoms. The van der Waals surface area contributed by atoms with Crippen molar-refractivity contribution in [1.82, 2.24) is 14.6 Å². The summed E-state index contributed by atoms with van der Waals surface area (Å²) in [7, 11) is 0. The normalized spacial score (nSPS) is 10.8. The first-order valence-corrected chi connectivity index (χ1v) is 7.53. The van der Waals surface area contributed by atoms with Crippen molar-refractivity contribution in [3.8, 4) is 23.4 Å². The molecule has 2 heterocycles. The van der Waals surface area contributed by atoms with E-state index in [1.165, 1.54) is 10.7 Å². The van der Waals surface area contributed by atoms with E-state index in [1.54, 1.807) is 6.07 Å². The topological polar surface area (TPSA) is 97.7 Å². The molecule has 1 N–H and O–H groups in total. The number of nitrogens with one attached hydrogen (secondary N) is 1. The first kappa shape index (κ1) is 15.5. The molecule has 0 bridgehead atoms. The number of benzene rings is 1. The van der Waals surface area contributed by atoms with Crippen molar-refractivity contribution in [3.63, 3.8) is 0 Å². The van der Waals surface area contributed by atoms with Crippen LogP contribution in [0.25, 0.3) is 16.9 Å². The Morgan fingerprint density at radius 3 is 2.54 bits per heavy atom. The SMILES string of the molecule is Cc1ccc(-c2nc3c(C#N)c[nH]n3c(=O)c2C(C)C)cc1C#N. The van der Waals surface area contributed by atoms with Gasteiger partial charge in [-0.2, -0.15) is 10.5 Å². The number of hydrogen-bond donors (Lipinski definition) is 1. The summed E-state index contributed by atoms with van der Waals surface area (Å²) >= 11 is 0. The lowest BCUT2D eigenvalue weighted by atomic mass is 9.96. The second-order valence-corrected chi connectivity index (χ2v) is 5.93. The lowest BCUT2D eigenvalue weighted by Gasteiger charge is -2.12. The summed E-state index contributed by atoms with van der Waals surface area (Å²) < 4.78 is 1.29. The predicted molar refractivity (Wildman–Crippen MR) is 89.5 cm³/mol. The molecule has 2 aromatic heterocycles. The largest absolute Gasteiger partial charge is 0.295 e. The predicted octanol–water partition coefficient (Wildman–Crippen LogP) is 2.86. The maximum atomic E-state index is 12.8. The van der Waals surface area contributed by atoms with Crippen LogP contribution < -0.4 is 5.56 Å². The Bertz CT molecular complexity index is 1090. The third-order valence-electron chi connectivity index (χ3n) is 4.03. The zero-order valence-electron chi connectivity index (χ0n) is 13.6. The summed E-state index contributed by atoms with van der Waals surface area (Å²) in [6, 6.07) is 9.60. The Morgan fingerprint density at radius 1 is 1.21 bits per heavy atom. The van der Waals surface area contributed by atoms with E-state index in [0.717, 1.165) is 5.56 Å². The van der Waals surface area contributed by atoms with E-state index in [-0.39, 0.29) is 11.5 Å². The van der Waals surface area contributed by atoms with Gasteiger partial charge in [0.15, 0.2) is 5.65 Å². The summed E-state index contributed by atoms with van der Waals surface area (Å²) in [5.74, 6) is -0.0578. The minimum atomic E-state index is -0.231. The average Bonchev–Trinajstić information content (AvgIpc) is 2.98. The number of nitriles is 2. The van der Waals surface area contributed by atoms with Gasteiger partial charge in [-0.05, 0) is 24.5 Å². The molecule has 6 nitrogen and oxygen atoms in total. The maximum absolute atomic E-state index is 12.8. The standard InChI is InChI=1S/C18H15N5O/c1-10(2)15-16(12-5-4-11(3)13(6-12)7-19)22-17-14(8-20)9-21-23(17)18(15)24/h4-6,9-10,21H,1-3H3. The molecule has 0 fully saturated rings. The highest BCUT2D eigenvalue weighted by molar-refractivity contribution is 5.69. The Balaban J connectivity index is 2.43. The van der Waals surface area contributed by atoms with Gasteiger partial charge in [0.25, 0.3) is 5.56 Å². The van der Waals surface area contributed by atoms with Gasteiger partial charge in [0.2, 0.25) is 0 Å². The lowest BCUT2D eigenvalue weighted by Crippen LogP contribution is -2.22. The number of H-pyrrole nitrogens is 1. The van der Waals surface area contributed by atoms with Gasteiger partial charge >= 0.3 is 0 Å². The second kappa shape index (κ2) is 5.68. The van der Waals surface area contributed by atoms with Gasteiger partial charge in [-0.25, -0.2) is 9.50 Å². The molecule has 6 heteroatoms. The van der Waals surface area contributed by atoms with Crippen molar-refractivity contribution in [2.24, 2.45) is 0 Å². The molecule has 24 heavy (non-hydrogen) atoms. The van der Waals surface area contributed by atoms with E-state index < -0.39 is 0 Å². The fourth-order valence-corrected chi connectivity index (χ4v) is 2.74. The molecule has 0 radical (unpaired) electrons. The van der Waals surface area contributed by atoms with Gasteiger partial charge in [0.05, 0.1) is 17.3 Å². The van der Waals surface area contributed by atoms with E-state index in [4.69, 9.17) is 0 Å². The molecule has 0 amide bonds. The molecule has 3 aromatic rings. The molecule has 0 saturated heterocycles. The Labute approximate surface area is 138 Å². The van der Waals surface area contributed by atoms with Crippen LogP contribution in [-0.2, 0) is 0 Å². The highest BCUT2D eigenvalue weighted by atomic mass is 16.1. The summed E-state index contributed by atoms with van der Waals surface area (Å²) in [5, 5.41) is 21.2. The molecule has 118 valence electrons. The van der Waals surface area contributed by atoms with Gasteiger partial charge in [-0.3, -0.25) is 9.89 Å². The smallest absolute Gasteiger partial charge is 0.276 e. The van der Waals surface area contributed by atoms with Crippen molar-refractivity contribution in [2.75, 3.05) is 0 Å². The summed E-state index contributed by atoms with van der Waals surface area (Å²) in [4.78, 5) is 17.4. The van der Waals surface area contributed by atoms with Crippen LogP contribution in [0.3, 0.4) is 0 Å². The number of aryl methyl sites for hydroxylation is 1. The molecule has 0 saturated carbocycles. The van der Waals surface area contributed by atoms with Crippen LogP contribution in [0.2, 0.25) is 0 Å². The summed E-state index contributed by atoms with van der Waals surface area (Å²) in [6.07, 6.45) is 1.47. The van der Waals surface area contributed by atoms with Crippen LogP contribution >= 0.6 is 0 Å². The van der Waals surface area contributed by atoms with Crippen LogP contribution in [0.5, 0.6) is 0 Å². The molecule has 0 aliphatic rings. The molecular formula is C18H15N5O. The molecule has 0 aliphatic carbocycles. The molecule has 0 aliphatic heterocycles. The quantitative estimate of drug-likeness (QED) is 0.785. The third kappa shape index (κ3) is 2.26. The van der Waals surface area contributed by atoms with E-state index in [1.807, 2.05) is 39.0 Å². The number of fused-ring (bicyclic) bond motifs is 1. The number of rotatable bonds is 2.